The highest BCUT2D eigenvalue weighted by Crippen LogP contribution is 2.40. The topological polar surface area (TPSA) is 96.5 Å². The summed E-state index contributed by atoms with van der Waals surface area (Å²) in [5, 5.41) is 7.29. The van der Waals surface area contributed by atoms with Gasteiger partial charge in [0.15, 0.2) is 0 Å². The molecule has 0 amide bonds. The molecular weight excluding hydrogens is 1060 g/mol. The van der Waals surface area contributed by atoms with Crippen molar-refractivity contribution in [1.29, 1.82) is 0 Å². The van der Waals surface area contributed by atoms with Crippen molar-refractivity contribution in [1.82, 2.24) is 19.4 Å². The lowest BCUT2D eigenvalue weighted by Crippen LogP contribution is -2.51. The van der Waals surface area contributed by atoms with E-state index in [-0.39, 0.29) is 22.6 Å². The van der Waals surface area contributed by atoms with Crippen molar-refractivity contribution in [2.45, 2.75) is 74.0 Å². The molecule has 376 valence electrons. The summed E-state index contributed by atoms with van der Waals surface area (Å²) in [4.78, 5) is 9.93. The zero-order valence-electron chi connectivity index (χ0n) is 38.5. The molecule has 2 saturated carbocycles. The Balaban J connectivity index is 0.000000165. The van der Waals surface area contributed by atoms with E-state index >= 15 is 0 Å². The Bertz CT molecular complexity index is 2560. The minimum atomic E-state index is -3.16. The second kappa shape index (κ2) is 24.1. The Morgan fingerprint density at radius 3 is 1.26 bits per heavy atom. The third-order valence-electron chi connectivity index (χ3n) is 14.2. The fourth-order valence-corrected chi connectivity index (χ4v) is 14.4. The average Bonchev–Trinajstić information content (AvgIpc) is 4.25. The summed E-state index contributed by atoms with van der Waals surface area (Å²) in [7, 11) is -1.31. The zero-order valence-corrected chi connectivity index (χ0v) is 45.4. The van der Waals surface area contributed by atoms with Crippen LogP contribution in [0.1, 0.15) is 74.6 Å². The number of piperazine rings is 2. The van der Waals surface area contributed by atoms with Gasteiger partial charge in [-0.1, -0.05) is 93.9 Å². The third-order valence-corrected chi connectivity index (χ3v) is 20.2. The van der Waals surface area contributed by atoms with E-state index in [0.29, 0.717) is 39.1 Å². The molecule has 4 aromatic rings. The van der Waals surface area contributed by atoms with Gasteiger partial charge in [-0.25, -0.2) is 21.1 Å². The molecule has 0 aromatic heterocycles. The Labute approximate surface area is 443 Å². The van der Waals surface area contributed by atoms with Crippen LogP contribution in [0.3, 0.4) is 0 Å². The van der Waals surface area contributed by atoms with Gasteiger partial charge in [-0.2, -0.15) is 0 Å². The maximum atomic E-state index is 12.6. The minimum Gasteiger partial charge on any atom is -0.361 e. The molecule has 4 heterocycles. The molecule has 2 aliphatic carbocycles. The van der Waals surface area contributed by atoms with Gasteiger partial charge in [0.25, 0.3) is 0 Å². The number of benzene rings is 4. The molecule has 0 spiro atoms. The lowest BCUT2D eigenvalue weighted by atomic mass is 9.95. The SMILES string of the molecule is Clc1ccc(C2CN(CC3CCNCC3)CCN2c2ccc(Cl)cc2Cl)cc1.O=S(=O)(C1CC1)N1CCC(CN2CCN(c3ccc(Cl)cc3Cl)C(c3ccc(Cl)cc3)C2)CC1.O=S(=O)(Cl)C1CC1. The van der Waals surface area contributed by atoms with Gasteiger partial charge in [-0.05, 0) is 148 Å². The summed E-state index contributed by atoms with van der Waals surface area (Å²) in [6.07, 6.45) is 7.58. The van der Waals surface area contributed by atoms with E-state index in [1.54, 1.807) is 10.4 Å². The predicted molar refractivity (Wildman–Crippen MR) is 289 cm³/mol. The highest BCUT2D eigenvalue weighted by atomic mass is 35.7. The maximum absolute atomic E-state index is 12.6. The zero-order chi connectivity index (χ0) is 48.9. The monoisotopic (exact) mass is 1120 g/mol. The largest absolute Gasteiger partial charge is 0.361 e. The molecule has 69 heavy (non-hydrogen) atoms. The van der Waals surface area contributed by atoms with Gasteiger partial charge in [0.1, 0.15) is 0 Å². The third kappa shape index (κ3) is 14.7. The first kappa shape index (κ1) is 53.5. The van der Waals surface area contributed by atoms with Crippen LogP contribution in [0.15, 0.2) is 84.9 Å². The van der Waals surface area contributed by atoms with Crippen LogP contribution in [0.5, 0.6) is 0 Å². The van der Waals surface area contributed by atoms with E-state index in [0.717, 1.165) is 125 Å². The number of sulfonamides is 1. The van der Waals surface area contributed by atoms with Crippen LogP contribution < -0.4 is 15.1 Å². The first-order chi connectivity index (χ1) is 33.0. The number of nitrogens with zero attached hydrogens (tertiary/aromatic N) is 5. The Morgan fingerprint density at radius 1 is 0.478 bits per heavy atom. The van der Waals surface area contributed by atoms with Crippen molar-refractivity contribution in [2.75, 3.05) is 88.3 Å². The Kier molecular flexibility index (Phi) is 18.7. The van der Waals surface area contributed by atoms with Crippen molar-refractivity contribution >= 4 is 111 Å². The van der Waals surface area contributed by atoms with Crippen molar-refractivity contribution in [3.8, 4) is 0 Å². The first-order valence-electron chi connectivity index (χ1n) is 24.0. The molecule has 4 saturated heterocycles. The summed E-state index contributed by atoms with van der Waals surface area (Å²) in [5.41, 5.74) is 4.51. The van der Waals surface area contributed by atoms with E-state index in [9.17, 15) is 16.8 Å². The highest BCUT2D eigenvalue weighted by Gasteiger charge is 2.42. The molecule has 2 atom stereocenters. The first-order valence-corrected chi connectivity index (χ1v) is 30.2. The molecule has 4 aromatic carbocycles. The van der Waals surface area contributed by atoms with E-state index in [4.69, 9.17) is 80.3 Å². The molecule has 2 unspecified atom stereocenters. The van der Waals surface area contributed by atoms with Gasteiger partial charge in [-0.15, -0.1) is 0 Å². The number of halogens is 7. The minimum absolute atomic E-state index is 0.114. The smallest absolute Gasteiger partial charge is 0.235 e. The van der Waals surface area contributed by atoms with Crippen LogP contribution in [-0.4, -0.2) is 120 Å². The fourth-order valence-electron chi connectivity index (χ4n) is 10.0. The number of nitrogens with one attached hydrogen (secondary N) is 1. The van der Waals surface area contributed by atoms with Gasteiger partial charge in [0.2, 0.25) is 19.1 Å². The van der Waals surface area contributed by atoms with E-state index in [2.05, 4.69) is 49.2 Å². The molecule has 10 rings (SSSR count). The van der Waals surface area contributed by atoms with Gasteiger partial charge in [0.05, 0.1) is 44.0 Å². The summed E-state index contributed by atoms with van der Waals surface area (Å²) >= 11 is 37.7. The van der Waals surface area contributed by atoms with Crippen LogP contribution in [0.4, 0.5) is 11.4 Å². The lowest BCUT2D eigenvalue weighted by Gasteiger charge is -2.45. The normalized spacial score (nSPS) is 22.7. The number of hydrogen-bond acceptors (Lipinski definition) is 9. The van der Waals surface area contributed by atoms with Crippen LogP contribution in [0.25, 0.3) is 0 Å². The number of piperidine rings is 2. The van der Waals surface area contributed by atoms with Crippen molar-refractivity contribution < 1.29 is 16.8 Å². The molecular formula is C50H61Cl7N6O4S2. The van der Waals surface area contributed by atoms with E-state index < -0.39 is 19.1 Å². The predicted octanol–water partition coefficient (Wildman–Crippen LogP) is 11.9. The quantitative estimate of drug-likeness (QED) is 0.147. The molecule has 19 heteroatoms. The number of anilines is 2. The van der Waals surface area contributed by atoms with Gasteiger partial charge in [0, 0.05) is 96.2 Å². The van der Waals surface area contributed by atoms with Crippen molar-refractivity contribution in [3.05, 3.63) is 126 Å². The standard InChI is InChI=1S/C25H30Cl3N3O2S.C22H26Cl3N3.C3H5ClO2S/c26-20-3-1-19(2-4-20)25-17-29(13-14-31(25)24-8-5-21(27)15-23(24)28)16-18-9-11-30(12-10-18)34(32,33)22-6-7-22;23-18-3-1-17(2-4-18)22-15-27(14-16-7-9-26-10-8-16)11-12-28(22)21-6-5-19(24)13-20(21)25;4-7(5,6)3-1-2-3/h1-5,8,15,18,22,25H,6-7,9-14,16-17H2;1-6,13,16,22,26H,7-12,14-15H2;3H,1-2H2. The van der Waals surface area contributed by atoms with Crippen LogP contribution in [-0.2, 0) is 19.1 Å². The summed E-state index contributed by atoms with van der Waals surface area (Å²) in [6, 6.07) is 28.1. The van der Waals surface area contributed by atoms with Gasteiger partial charge < -0.3 is 15.1 Å². The second-order valence-electron chi connectivity index (χ2n) is 19.2. The van der Waals surface area contributed by atoms with Crippen molar-refractivity contribution in [3.63, 3.8) is 0 Å². The molecule has 6 fully saturated rings. The molecule has 4 aliphatic heterocycles. The van der Waals surface area contributed by atoms with Crippen LogP contribution >= 0.6 is 80.3 Å². The maximum Gasteiger partial charge on any atom is 0.235 e. The molecule has 6 aliphatic rings. The average molecular weight is 1120 g/mol. The summed E-state index contributed by atoms with van der Waals surface area (Å²) in [5.74, 6) is 1.31. The summed E-state index contributed by atoms with van der Waals surface area (Å²) < 4.78 is 47.2. The molecule has 10 nitrogen and oxygen atoms in total. The molecule has 0 radical (unpaired) electrons. The van der Waals surface area contributed by atoms with Crippen LogP contribution in [0, 0.1) is 11.8 Å². The van der Waals surface area contributed by atoms with Crippen LogP contribution in [0.2, 0.25) is 30.1 Å². The van der Waals surface area contributed by atoms with E-state index in [1.807, 2.05) is 54.6 Å². The lowest BCUT2D eigenvalue weighted by molar-refractivity contribution is 0.159. The Morgan fingerprint density at radius 2 is 0.884 bits per heavy atom. The van der Waals surface area contributed by atoms with Gasteiger partial charge in [-0.3, -0.25) is 9.80 Å². The van der Waals surface area contributed by atoms with Crippen molar-refractivity contribution in [2.24, 2.45) is 11.8 Å². The molecule has 0 bridgehead atoms. The second-order valence-corrected chi connectivity index (χ2v) is 26.9. The highest BCUT2D eigenvalue weighted by molar-refractivity contribution is 8.14. The number of rotatable bonds is 11. The number of hydrogen-bond donors (Lipinski definition) is 1. The Hall–Kier alpha value is -1.75. The fraction of sp³-hybridized carbons (Fsp3) is 0.520. The summed E-state index contributed by atoms with van der Waals surface area (Å²) in [6.45, 7) is 11.4. The van der Waals surface area contributed by atoms with Gasteiger partial charge >= 0.3 is 0 Å². The molecule has 1 N–H and O–H groups in total. The van der Waals surface area contributed by atoms with E-state index in [1.165, 1.54) is 30.5 Å².